The van der Waals surface area contributed by atoms with Gasteiger partial charge in [-0.2, -0.15) is 13.2 Å². The molecule has 0 atom stereocenters. The first-order valence-electron chi connectivity index (χ1n) is 11.0. The molecule has 0 radical (unpaired) electrons. The summed E-state index contributed by atoms with van der Waals surface area (Å²) in [6.45, 7) is 0. The van der Waals surface area contributed by atoms with Crippen molar-refractivity contribution in [3.8, 4) is 39.5 Å². The molecule has 0 bridgehead atoms. The Morgan fingerprint density at radius 2 is 1.61 bits per heavy atom. The molecule has 0 saturated carbocycles. The maximum absolute atomic E-state index is 13.1. The number of alkyl halides is 3. The predicted octanol–water partition coefficient (Wildman–Crippen LogP) is 7.16. The minimum absolute atomic E-state index is 0.0282. The van der Waals surface area contributed by atoms with Crippen LogP contribution < -0.4 is 9.88 Å². The third-order valence-corrected chi connectivity index (χ3v) is 7.16. The summed E-state index contributed by atoms with van der Waals surface area (Å²) in [5, 5.41) is 5.57. The summed E-state index contributed by atoms with van der Waals surface area (Å²) in [5.41, 5.74) is 2.70. The second kappa shape index (κ2) is 9.46. The van der Waals surface area contributed by atoms with Gasteiger partial charge >= 0.3 is 6.18 Å². The van der Waals surface area contributed by atoms with E-state index in [9.17, 15) is 21.6 Å². The lowest BCUT2D eigenvalue weighted by Gasteiger charge is -2.14. The van der Waals surface area contributed by atoms with Gasteiger partial charge in [0.15, 0.2) is 5.58 Å². The molecule has 6 nitrogen and oxygen atoms in total. The molecule has 5 aromatic rings. The van der Waals surface area contributed by atoms with Crippen molar-refractivity contribution in [2.75, 3.05) is 7.11 Å². The Kier molecular flexibility index (Phi) is 6.42. The topological polar surface area (TPSA) is 95.4 Å². The van der Waals surface area contributed by atoms with E-state index >= 15 is 0 Å². The summed E-state index contributed by atoms with van der Waals surface area (Å²) in [4.78, 5) is 4.24. The van der Waals surface area contributed by atoms with Crippen LogP contribution in [0.5, 0.6) is 5.75 Å². The fourth-order valence-corrected chi connectivity index (χ4v) is 4.82. The summed E-state index contributed by atoms with van der Waals surface area (Å²) in [7, 11) is -2.35. The van der Waals surface area contributed by atoms with Crippen LogP contribution in [0.4, 0.5) is 13.2 Å². The van der Waals surface area contributed by atoms with E-state index in [0.717, 1.165) is 12.1 Å². The van der Waals surface area contributed by atoms with Gasteiger partial charge in [-0.05, 0) is 59.7 Å². The molecule has 1 heterocycles. The van der Waals surface area contributed by atoms with Crippen molar-refractivity contribution in [3.63, 3.8) is 0 Å². The predicted molar refractivity (Wildman–Crippen MR) is 138 cm³/mol. The highest BCUT2D eigenvalue weighted by Crippen LogP contribution is 2.41. The number of sulfonamides is 1. The Hall–Kier alpha value is -3.86. The van der Waals surface area contributed by atoms with E-state index in [1.807, 2.05) is 6.07 Å². The molecule has 2 N–H and O–H groups in total. The zero-order valence-electron chi connectivity index (χ0n) is 19.6. The third kappa shape index (κ3) is 4.98. The highest BCUT2D eigenvalue weighted by molar-refractivity contribution is 7.89. The quantitative estimate of drug-likeness (QED) is 0.247. The van der Waals surface area contributed by atoms with Crippen LogP contribution in [0.15, 0.2) is 88.2 Å². The molecule has 5 rings (SSSR count). The molecule has 194 valence electrons. The Morgan fingerprint density at radius 1 is 0.895 bits per heavy atom. The number of hydrogen-bond donors (Lipinski definition) is 1. The number of aromatic nitrogens is 1. The lowest BCUT2D eigenvalue weighted by molar-refractivity contribution is -0.137. The molecule has 0 aliphatic heterocycles. The molecule has 38 heavy (non-hydrogen) atoms. The Labute approximate surface area is 220 Å². The largest absolute Gasteiger partial charge is 0.496 e. The van der Waals surface area contributed by atoms with Crippen LogP contribution in [0.25, 0.3) is 44.8 Å². The van der Waals surface area contributed by atoms with Crippen molar-refractivity contribution in [1.82, 2.24) is 4.98 Å². The van der Waals surface area contributed by atoms with Gasteiger partial charge in [-0.25, -0.2) is 18.5 Å². The van der Waals surface area contributed by atoms with Gasteiger partial charge < -0.3 is 9.15 Å². The first kappa shape index (κ1) is 25.8. The Bertz CT molecular complexity index is 1780. The van der Waals surface area contributed by atoms with Gasteiger partial charge in [0.1, 0.15) is 11.3 Å². The molecular weight excluding hydrogens is 541 g/mol. The number of benzene rings is 4. The van der Waals surface area contributed by atoms with Gasteiger partial charge in [-0.1, -0.05) is 35.9 Å². The third-order valence-electron chi connectivity index (χ3n) is 5.92. The van der Waals surface area contributed by atoms with Crippen molar-refractivity contribution in [3.05, 3.63) is 89.4 Å². The van der Waals surface area contributed by atoms with Crippen LogP contribution in [0.2, 0.25) is 5.02 Å². The summed E-state index contributed by atoms with van der Waals surface area (Å²) in [6, 6.07) is 19.7. The van der Waals surface area contributed by atoms with E-state index in [2.05, 4.69) is 4.98 Å². The lowest BCUT2D eigenvalue weighted by Crippen LogP contribution is -2.11. The molecule has 0 unspecified atom stereocenters. The normalized spacial score (nSPS) is 12.2. The molecule has 0 spiro atoms. The number of halogens is 4. The molecular formula is C27H18ClF3N2O4S. The van der Waals surface area contributed by atoms with Crippen molar-refractivity contribution >= 4 is 32.7 Å². The van der Waals surface area contributed by atoms with Gasteiger partial charge in [0.2, 0.25) is 15.9 Å². The van der Waals surface area contributed by atoms with Crippen LogP contribution in [-0.4, -0.2) is 20.5 Å². The molecule has 11 heteroatoms. The molecule has 0 fully saturated rings. The minimum atomic E-state index is -4.49. The Morgan fingerprint density at radius 3 is 2.26 bits per heavy atom. The van der Waals surface area contributed by atoms with E-state index in [1.165, 1.54) is 25.3 Å². The highest BCUT2D eigenvalue weighted by atomic mass is 35.5. The number of oxazole rings is 1. The molecule has 0 aliphatic carbocycles. The molecule has 1 aromatic heterocycles. The molecule has 4 aromatic carbocycles. The monoisotopic (exact) mass is 558 g/mol. The van der Waals surface area contributed by atoms with E-state index in [1.54, 1.807) is 42.5 Å². The fourth-order valence-electron chi connectivity index (χ4n) is 4.04. The molecule has 0 amide bonds. The fraction of sp³-hybridized carbons (Fsp3) is 0.0741. The van der Waals surface area contributed by atoms with Crippen LogP contribution >= 0.6 is 11.6 Å². The average Bonchev–Trinajstić information content (AvgIpc) is 3.31. The zero-order valence-corrected chi connectivity index (χ0v) is 21.2. The van der Waals surface area contributed by atoms with E-state index < -0.39 is 21.8 Å². The second-order valence-electron chi connectivity index (χ2n) is 8.38. The number of ether oxygens (including phenoxy) is 1. The summed E-state index contributed by atoms with van der Waals surface area (Å²) < 4.78 is 73.8. The maximum Gasteiger partial charge on any atom is 0.416 e. The van der Waals surface area contributed by atoms with Crippen molar-refractivity contribution < 1.29 is 30.7 Å². The van der Waals surface area contributed by atoms with Crippen LogP contribution in [0, 0.1) is 0 Å². The number of nitrogens with zero attached hydrogens (tertiary/aromatic N) is 1. The van der Waals surface area contributed by atoms with E-state index in [4.69, 9.17) is 25.9 Å². The van der Waals surface area contributed by atoms with Gasteiger partial charge in [-0.3, -0.25) is 0 Å². The number of hydrogen-bond acceptors (Lipinski definition) is 5. The number of methoxy groups -OCH3 is 1. The standard InChI is InChI=1S/C27H18ClF3N2O4S/c1-36-25-14-22(28)20(15-5-8-19(9-6-15)38(32,34)35)13-21(25)16-3-2-4-17(11-16)26-33-23-12-18(27(29,30)31)7-10-24(23)37-26/h2-14H,1H3,(H2,32,34,35). The number of primary sulfonamides is 1. The van der Waals surface area contributed by atoms with Crippen molar-refractivity contribution in [2.45, 2.75) is 11.1 Å². The maximum atomic E-state index is 13.1. The van der Waals surface area contributed by atoms with Crippen molar-refractivity contribution in [1.29, 1.82) is 0 Å². The van der Waals surface area contributed by atoms with Gasteiger partial charge in [0, 0.05) is 22.8 Å². The van der Waals surface area contributed by atoms with Gasteiger partial charge in [-0.15, -0.1) is 0 Å². The SMILES string of the molecule is COc1cc(Cl)c(-c2ccc(S(N)(=O)=O)cc2)cc1-c1cccc(-c2nc3cc(C(F)(F)F)ccc3o2)c1. The van der Waals surface area contributed by atoms with Crippen LogP contribution in [0.1, 0.15) is 5.56 Å². The Balaban J connectivity index is 1.58. The first-order valence-corrected chi connectivity index (χ1v) is 13.0. The first-order chi connectivity index (χ1) is 17.9. The van der Waals surface area contributed by atoms with Crippen LogP contribution in [-0.2, 0) is 16.2 Å². The number of fused-ring (bicyclic) bond motifs is 1. The summed E-state index contributed by atoms with van der Waals surface area (Å²) in [5.74, 6) is 0.636. The molecule has 0 aliphatic rings. The lowest BCUT2D eigenvalue weighted by atomic mass is 9.97. The van der Waals surface area contributed by atoms with E-state index in [0.29, 0.717) is 38.6 Å². The minimum Gasteiger partial charge on any atom is -0.496 e. The number of nitrogens with two attached hydrogens (primary N) is 1. The highest BCUT2D eigenvalue weighted by Gasteiger charge is 2.31. The second-order valence-corrected chi connectivity index (χ2v) is 10.4. The average molecular weight is 559 g/mol. The zero-order chi connectivity index (χ0) is 27.2. The van der Waals surface area contributed by atoms with Crippen LogP contribution in [0.3, 0.4) is 0 Å². The summed E-state index contributed by atoms with van der Waals surface area (Å²) in [6.07, 6.45) is -4.49. The van der Waals surface area contributed by atoms with Crippen molar-refractivity contribution in [2.24, 2.45) is 5.14 Å². The van der Waals surface area contributed by atoms with Gasteiger partial charge in [0.25, 0.3) is 0 Å². The number of rotatable bonds is 5. The summed E-state index contributed by atoms with van der Waals surface area (Å²) >= 11 is 6.52. The smallest absolute Gasteiger partial charge is 0.416 e. The van der Waals surface area contributed by atoms with E-state index in [-0.39, 0.29) is 21.9 Å². The van der Waals surface area contributed by atoms with Gasteiger partial charge in [0.05, 0.1) is 22.6 Å². The molecule has 0 saturated heterocycles.